The number of carbonyl (C=O) groups excluding carboxylic acids is 2. The van der Waals surface area contributed by atoms with Gasteiger partial charge in [0.25, 0.3) is 0 Å². The smallest absolute Gasteiger partial charge is 0.150 e. The van der Waals surface area contributed by atoms with Crippen molar-refractivity contribution in [1.29, 1.82) is 0 Å². The average Bonchev–Trinajstić information content (AvgIpc) is 3.08. The number of ketones is 2. The minimum absolute atomic E-state index is 0.0575. The lowest BCUT2D eigenvalue weighted by Gasteiger charge is -2.27. The van der Waals surface area contributed by atoms with Crippen LogP contribution in [0.5, 0.6) is 11.5 Å². The number of halogens is 1. The molecule has 0 aromatic heterocycles. The maximum absolute atomic E-state index is 12.9. The Morgan fingerprint density at radius 3 is 2.35 bits per heavy atom. The highest BCUT2D eigenvalue weighted by Crippen LogP contribution is 2.45. The maximum atomic E-state index is 12.9. The van der Waals surface area contributed by atoms with Crippen LogP contribution in [0.3, 0.4) is 0 Å². The molecule has 0 N–H and O–H groups in total. The first-order valence-corrected chi connectivity index (χ1v) is 9.99. The Balaban J connectivity index is 1.71. The third-order valence-electron chi connectivity index (χ3n) is 5.65. The van der Waals surface area contributed by atoms with Gasteiger partial charge in [-0.25, -0.2) is 0 Å². The van der Waals surface area contributed by atoms with E-state index in [-0.39, 0.29) is 23.4 Å². The summed E-state index contributed by atoms with van der Waals surface area (Å²) in [6.07, 6.45) is 3.27. The summed E-state index contributed by atoms with van der Waals surface area (Å²) in [6, 6.07) is 13.4. The zero-order valence-electron chi connectivity index (χ0n) is 14.7. The van der Waals surface area contributed by atoms with E-state index in [2.05, 4.69) is 22.9 Å². The molecule has 2 bridgehead atoms. The van der Waals surface area contributed by atoms with Crippen LogP contribution in [0.15, 0.2) is 46.9 Å². The molecule has 0 spiro atoms. The van der Waals surface area contributed by atoms with Crippen molar-refractivity contribution < 1.29 is 14.3 Å². The highest BCUT2D eigenvalue weighted by atomic mass is 79.9. The zero-order chi connectivity index (χ0) is 18.3. The van der Waals surface area contributed by atoms with E-state index >= 15 is 0 Å². The van der Waals surface area contributed by atoms with E-state index in [1.54, 1.807) is 0 Å². The van der Waals surface area contributed by atoms with Crippen molar-refractivity contribution in [2.75, 3.05) is 0 Å². The lowest BCUT2D eigenvalue weighted by Crippen LogP contribution is -2.35. The number of ether oxygens (including phenoxy) is 1. The molecule has 3 nitrogen and oxygen atoms in total. The van der Waals surface area contributed by atoms with Crippen LogP contribution < -0.4 is 4.74 Å². The van der Waals surface area contributed by atoms with Crippen LogP contribution in [0.4, 0.5) is 0 Å². The summed E-state index contributed by atoms with van der Waals surface area (Å²) < 4.78 is 6.92. The van der Waals surface area contributed by atoms with Crippen molar-refractivity contribution in [3.63, 3.8) is 0 Å². The number of benzene rings is 2. The van der Waals surface area contributed by atoms with E-state index in [9.17, 15) is 9.59 Å². The lowest BCUT2D eigenvalue weighted by atomic mass is 9.74. The molecular formula is C22H21BrO3. The fraction of sp³-hybridized carbons (Fsp3) is 0.364. The van der Waals surface area contributed by atoms with Crippen LogP contribution in [0.2, 0.25) is 0 Å². The van der Waals surface area contributed by atoms with E-state index in [4.69, 9.17) is 4.74 Å². The highest BCUT2D eigenvalue weighted by Gasteiger charge is 2.47. The summed E-state index contributed by atoms with van der Waals surface area (Å²) in [4.78, 5) is 25.8. The second-order valence-electron chi connectivity index (χ2n) is 7.22. The number of fused-ring (bicyclic) bond motifs is 2. The molecule has 3 atom stereocenters. The molecule has 2 aliphatic rings. The standard InChI is InChI=1S/C22H21BrO3/c1-2-13-8-9-18(26-17-5-3-4-16(23)11-17)12-19(13)20-21(24)14-6-7-15(10-14)22(20)25/h3-5,8-9,11-12,14-15,20H,2,6-7,10H2,1H3/t14-,15+,20?. The van der Waals surface area contributed by atoms with E-state index in [0.717, 1.165) is 47.0 Å². The minimum atomic E-state index is -0.609. The molecule has 0 radical (unpaired) electrons. The van der Waals surface area contributed by atoms with Crippen LogP contribution >= 0.6 is 15.9 Å². The van der Waals surface area contributed by atoms with Gasteiger partial charge in [0.1, 0.15) is 17.4 Å². The van der Waals surface area contributed by atoms with Crippen LogP contribution in [-0.4, -0.2) is 11.6 Å². The molecule has 134 valence electrons. The fourth-order valence-electron chi connectivity index (χ4n) is 4.31. The molecule has 4 rings (SSSR count). The minimum Gasteiger partial charge on any atom is -0.457 e. The first kappa shape index (κ1) is 17.5. The number of hydrogen-bond acceptors (Lipinski definition) is 3. The molecule has 2 aliphatic carbocycles. The molecule has 0 saturated heterocycles. The van der Waals surface area contributed by atoms with Gasteiger partial charge in [-0.2, -0.15) is 0 Å². The fourth-order valence-corrected chi connectivity index (χ4v) is 4.69. The molecule has 0 aliphatic heterocycles. The summed E-state index contributed by atoms with van der Waals surface area (Å²) in [5.74, 6) is 1.10. The lowest BCUT2D eigenvalue weighted by molar-refractivity contribution is -0.135. The van der Waals surface area contributed by atoms with Gasteiger partial charge in [-0.15, -0.1) is 0 Å². The second kappa shape index (κ2) is 6.99. The first-order chi connectivity index (χ1) is 12.6. The Hall–Kier alpha value is -1.94. The Bertz CT molecular complexity index is 851. The summed E-state index contributed by atoms with van der Waals surface area (Å²) in [5, 5.41) is 0. The van der Waals surface area contributed by atoms with Gasteiger partial charge in [0.15, 0.2) is 11.6 Å². The number of carbonyl (C=O) groups is 2. The van der Waals surface area contributed by atoms with Crippen molar-refractivity contribution in [3.8, 4) is 11.5 Å². The zero-order valence-corrected chi connectivity index (χ0v) is 16.3. The van der Waals surface area contributed by atoms with Crippen LogP contribution in [0.1, 0.15) is 43.2 Å². The summed E-state index contributed by atoms with van der Waals surface area (Å²) in [5.41, 5.74) is 1.89. The Morgan fingerprint density at radius 2 is 1.69 bits per heavy atom. The number of Topliss-reactive ketones (excluding diaryl/α,β-unsaturated/α-hetero) is 2. The predicted molar refractivity (Wildman–Crippen MR) is 104 cm³/mol. The molecule has 2 saturated carbocycles. The summed E-state index contributed by atoms with van der Waals surface area (Å²) in [6.45, 7) is 2.06. The number of hydrogen-bond donors (Lipinski definition) is 0. The Morgan fingerprint density at radius 1 is 1.00 bits per heavy atom. The second-order valence-corrected chi connectivity index (χ2v) is 8.13. The highest BCUT2D eigenvalue weighted by molar-refractivity contribution is 9.10. The molecule has 2 aromatic rings. The summed E-state index contributed by atoms with van der Waals surface area (Å²) >= 11 is 3.44. The largest absolute Gasteiger partial charge is 0.457 e. The molecule has 26 heavy (non-hydrogen) atoms. The van der Waals surface area contributed by atoms with Crippen molar-refractivity contribution in [2.24, 2.45) is 11.8 Å². The van der Waals surface area contributed by atoms with Gasteiger partial charge in [-0.3, -0.25) is 9.59 Å². The molecule has 2 fully saturated rings. The van der Waals surface area contributed by atoms with Gasteiger partial charge in [-0.05, 0) is 67.1 Å². The SMILES string of the molecule is CCc1ccc(Oc2cccc(Br)c2)cc1C1C(=O)[C@@H]2CC[C@@H](C2)C1=O. The maximum Gasteiger partial charge on any atom is 0.150 e. The third kappa shape index (κ3) is 3.11. The topological polar surface area (TPSA) is 43.4 Å². The van der Waals surface area contributed by atoms with E-state index in [1.807, 2.05) is 42.5 Å². The molecule has 0 heterocycles. The van der Waals surface area contributed by atoms with Gasteiger partial charge in [0.2, 0.25) is 0 Å². The number of rotatable bonds is 4. The van der Waals surface area contributed by atoms with E-state index < -0.39 is 5.92 Å². The third-order valence-corrected chi connectivity index (χ3v) is 6.14. The molecule has 0 amide bonds. The van der Waals surface area contributed by atoms with Gasteiger partial charge in [-0.1, -0.05) is 35.0 Å². The van der Waals surface area contributed by atoms with Gasteiger partial charge in [0.05, 0.1) is 0 Å². The van der Waals surface area contributed by atoms with Gasteiger partial charge < -0.3 is 4.74 Å². The van der Waals surface area contributed by atoms with Gasteiger partial charge >= 0.3 is 0 Å². The molecule has 2 aromatic carbocycles. The Kier molecular flexibility index (Phi) is 4.70. The van der Waals surface area contributed by atoms with Crippen LogP contribution in [-0.2, 0) is 16.0 Å². The summed E-state index contributed by atoms with van der Waals surface area (Å²) in [7, 11) is 0. The number of aryl methyl sites for hydroxylation is 1. The molecular weight excluding hydrogens is 392 g/mol. The van der Waals surface area contributed by atoms with Crippen molar-refractivity contribution in [2.45, 2.75) is 38.5 Å². The average molecular weight is 413 g/mol. The van der Waals surface area contributed by atoms with E-state index in [1.165, 1.54) is 0 Å². The Labute approximate surface area is 161 Å². The van der Waals surface area contributed by atoms with Crippen molar-refractivity contribution in [3.05, 3.63) is 58.1 Å². The van der Waals surface area contributed by atoms with Crippen molar-refractivity contribution >= 4 is 27.5 Å². The van der Waals surface area contributed by atoms with E-state index in [0.29, 0.717) is 5.75 Å². The predicted octanol–water partition coefficient (Wildman–Crippen LogP) is 5.46. The molecule has 4 heteroatoms. The quantitative estimate of drug-likeness (QED) is 0.626. The normalized spacial score (nSPS) is 24.8. The monoisotopic (exact) mass is 412 g/mol. The first-order valence-electron chi connectivity index (χ1n) is 9.20. The van der Waals surface area contributed by atoms with Crippen LogP contribution in [0.25, 0.3) is 0 Å². The van der Waals surface area contributed by atoms with Crippen molar-refractivity contribution in [1.82, 2.24) is 0 Å². The molecule has 1 unspecified atom stereocenters. The van der Waals surface area contributed by atoms with Gasteiger partial charge in [0, 0.05) is 16.3 Å². The van der Waals surface area contributed by atoms with Crippen LogP contribution in [0, 0.1) is 11.8 Å².